The SMILES string of the molecule is CNC(Cc1cncs1)c1cn(C)cn1. The first-order chi connectivity index (χ1) is 7.29. The van der Waals surface area contributed by atoms with E-state index in [2.05, 4.69) is 15.3 Å². The van der Waals surface area contributed by atoms with Crippen LogP contribution in [0.1, 0.15) is 16.6 Å². The maximum absolute atomic E-state index is 4.35. The van der Waals surface area contributed by atoms with Crippen LogP contribution < -0.4 is 5.32 Å². The van der Waals surface area contributed by atoms with Gasteiger partial charge in [0.2, 0.25) is 0 Å². The van der Waals surface area contributed by atoms with E-state index >= 15 is 0 Å². The third-order valence-electron chi connectivity index (χ3n) is 2.32. The van der Waals surface area contributed by atoms with Gasteiger partial charge in [-0.25, -0.2) is 4.98 Å². The van der Waals surface area contributed by atoms with Gasteiger partial charge >= 0.3 is 0 Å². The van der Waals surface area contributed by atoms with Crippen molar-refractivity contribution in [2.45, 2.75) is 12.5 Å². The van der Waals surface area contributed by atoms with Crippen LogP contribution in [0.5, 0.6) is 0 Å². The Balaban J connectivity index is 2.11. The van der Waals surface area contributed by atoms with Crippen molar-refractivity contribution in [3.8, 4) is 0 Å². The molecule has 4 nitrogen and oxygen atoms in total. The average molecular weight is 222 g/mol. The molecule has 1 unspecified atom stereocenters. The number of aryl methyl sites for hydroxylation is 1. The van der Waals surface area contributed by atoms with Crippen LogP contribution in [-0.2, 0) is 13.5 Å². The lowest BCUT2D eigenvalue weighted by atomic mass is 10.1. The van der Waals surface area contributed by atoms with Gasteiger partial charge in [0, 0.05) is 30.7 Å². The van der Waals surface area contributed by atoms with Crippen LogP contribution in [0.2, 0.25) is 0 Å². The Labute approximate surface area is 93.0 Å². The van der Waals surface area contributed by atoms with Crippen molar-refractivity contribution in [2.75, 3.05) is 7.05 Å². The summed E-state index contributed by atoms with van der Waals surface area (Å²) < 4.78 is 1.96. The normalized spacial score (nSPS) is 12.9. The zero-order chi connectivity index (χ0) is 10.7. The lowest BCUT2D eigenvalue weighted by molar-refractivity contribution is 0.582. The minimum absolute atomic E-state index is 0.270. The third-order valence-corrected chi connectivity index (χ3v) is 3.12. The quantitative estimate of drug-likeness (QED) is 0.850. The number of hydrogen-bond acceptors (Lipinski definition) is 4. The molecule has 0 saturated carbocycles. The molecule has 0 aromatic carbocycles. The van der Waals surface area contributed by atoms with Crippen LogP contribution in [0.3, 0.4) is 0 Å². The van der Waals surface area contributed by atoms with Crippen LogP contribution >= 0.6 is 11.3 Å². The summed E-state index contributed by atoms with van der Waals surface area (Å²) in [5, 5.41) is 3.27. The van der Waals surface area contributed by atoms with E-state index in [1.165, 1.54) is 4.88 Å². The summed E-state index contributed by atoms with van der Waals surface area (Å²) in [6, 6.07) is 0.270. The van der Waals surface area contributed by atoms with Crippen molar-refractivity contribution in [2.24, 2.45) is 7.05 Å². The molecule has 15 heavy (non-hydrogen) atoms. The predicted octanol–water partition coefficient (Wildman–Crippen LogP) is 1.38. The van der Waals surface area contributed by atoms with Gasteiger partial charge in [0.05, 0.1) is 23.6 Å². The van der Waals surface area contributed by atoms with Gasteiger partial charge < -0.3 is 9.88 Å². The van der Waals surface area contributed by atoms with E-state index in [1.54, 1.807) is 11.3 Å². The van der Waals surface area contributed by atoms with E-state index in [4.69, 9.17) is 0 Å². The van der Waals surface area contributed by atoms with Crippen molar-refractivity contribution < 1.29 is 0 Å². The van der Waals surface area contributed by atoms with Crippen molar-refractivity contribution in [3.63, 3.8) is 0 Å². The third kappa shape index (κ3) is 2.43. The summed E-state index contributed by atoms with van der Waals surface area (Å²) in [4.78, 5) is 9.70. The highest BCUT2D eigenvalue weighted by atomic mass is 32.1. The van der Waals surface area contributed by atoms with Gasteiger partial charge in [0.25, 0.3) is 0 Å². The number of aromatic nitrogens is 3. The molecular formula is C10H14N4S. The number of thiazole rings is 1. The lowest BCUT2D eigenvalue weighted by Crippen LogP contribution is -2.18. The molecule has 2 aromatic rings. The van der Waals surface area contributed by atoms with Crippen molar-refractivity contribution >= 4 is 11.3 Å². The van der Waals surface area contributed by atoms with E-state index in [0.29, 0.717) is 0 Å². The predicted molar refractivity (Wildman–Crippen MR) is 60.8 cm³/mol. The summed E-state index contributed by atoms with van der Waals surface area (Å²) in [5.74, 6) is 0. The summed E-state index contributed by atoms with van der Waals surface area (Å²) in [5.41, 5.74) is 2.94. The zero-order valence-electron chi connectivity index (χ0n) is 8.84. The molecule has 0 spiro atoms. The highest BCUT2D eigenvalue weighted by Gasteiger charge is 2.13. The maximum atomic E-state index is 4.35. The molecule has 0 amide bonds. The first-order valence-corrected chi connectivity index (χ1v) is 5.70. The van der Waals surface area contributed by atoms with E-state index in [-0.39, 0.29) is 6.04 Å². The van der Waals surface area contributed by atoms with Gasteiger partial charge in [-0.3, -0.25) is 4.98 Å². The first kappa shape index (κ1) is 10.3. The zero-order valence-corrected chi connectivity index (χ0v) is 9.66. The number of hydrogen-bond donors (Lipinski definition) is 1. The molecular weight excluding hydrogens is 208 g/mol. The molecule has 0 bridgehead atoms. The molecule has 0 aliphatic rings. The van der Waals surface area contributed by atoms with Crippen LogP contribution in [0.25, 0.3) is 0 Å². The van der Waals surface area contributed by atoms with Crippen molar-refractivity contribution in [1.82, 2.24) is 19.9 Å². The highest BCUT2D eigenvalue weighted by Crippen LogP contribution is 2.18. The van der Waals surface area contributed by atoms with Crippen LogP contribution in [0, 0.1) is 0 Å². The highest BCUT2D eigenvalue weighted by molar-refractivity contribution is 7.09. The second kappa shape index (κ2) is 4.55. The summed E-state index contributed by atoms with van der Waals surface area (Å²) in [6.07, 6.45) is 6.73. The number of nitrogens with one attached hydrogen (secondary N) is 1. The van der Waals surface area contributed by atoms with Gasteiger partial charge in [0.15, 0.2) is 0 Å². The number of likely N-dealkylation sites (N-methyl/N-ethyl adjacent to an activating group) is 1. The standard InChI is InChI=1S/C10H14N4S/c1-11-9(3-8-4-12-7-15-8)10-5-14(2)6-13-10/h4-7,9,11H,3H2,1-2H3. The number of imidazole rings is 1. The number of rotatable bonds is 4. The van der Waals surface area contributed by atoms with Gasteiger partial charge in [-0.15, -0.1) is 11.3 Å². The summed E-state index contributed by atoms with van der Waals surface area (Å²) in [6.45, 7) is 0. The Hall–Kier alpha value is -1.20. The van der Waals surface area contributed by atoms with E-state index < -0.39 is 0 Å². The minimum atomic E-state index is 0.270. The fourth-order valence-corrected chi connectivity index (χ4v) is 2.15. The fraction of sp³-hybridized carbons (Fsp3) is 0.400. The largest absolute Gasteiger partial charge is 0.340 e. The molecule has 5 heteroatoms. The van der Waals surface area contributed by atoms with Crippen LogP contribution in [0.15, 0.2) is 24.2 Å². The van der Waals surface area contributed by atoms with Crippen molar-refractivity contribution in [3.05, 3.63) is 34.8 Å². The van der Waals surface area contributed by atoms with Gasteiger partial charge in [-0.05, 0) is 7.05 Å². The Morgan fingerprint density at radius 2 is 2.47 bits per heavy atom. The molecule has 0 fully saturated rings. The van der Waals surface area contributed by atoms with E-state index in [9.17, 15) is 0 Å². The maximum Gasteiger partial charge on any atom is 0.0947 e. The lowest BCUT2D eigenvalue weighted by Gasteiger charge is -2.11. The Kier molecular flexibility index (Phi) is 3.13. The van der Waals surface area contributed by atoms with E-state index in [0.717, 1.165) is 12.1 Å². The molecule has 0 aliphatic carbocycles. The molecule has 2 heterocycles. The topological polar surface area (TPSA) is 42.7 Å². The molecule has 0 radical (unpaired) electrons. The summed E-state index contributed by atoms with van der Waals surface area (Å²) in [7, 11) is 3.94. The second-order valence-electron chi connectivity index (χ2n) is 3.48. The monoisotopic (exact) mass is 222 g/mol. The molecule has 2 rings (SSSR count). The molecule has 2 aromatic heterocycles. The Morgan fingerprint density at radius 1 is 1.60 bits per heavy atom. The minimum Gasteiger partial charge on any atom is -0.340 e. The molecule has 0 aliphatic heterocycles. The number of nitrogens with zero attached hydrogens (tertiary/aromatic N) is 3. The Bertz CT molecular complexity index is 407. The first-order valence-electron chi connectivity index (χ1n) is 4.82. The average Bonchev–Trinajstić information content (AvgIpc) is 2.85. The second-order valence-corrected chi connectivity index (χ2v) is 4.45. The van der Waals surface area contributed by atoms with Crippen LogP contribution in [0.4, 0.5) is 0 Å². The van der Waals surface area contributed by atoms with Crippen LogP contribution in [-0.4, -0.2) is 21.6 Å². The molecule has 0 saturated heterocycles. The Morgan fingerprint density at radius 3 is 3.00 bits per heavy atom. The van der Waals surface area contributed by atoms with Crippen molar-refractivity contribution in [1.29, 1.82) is 0 Å². The van der Waals surface area contributed by atoms with Gasteiger partial charge in [0.1, 0.15) is 0 Å². The van der Waals surface area contributed by atoms with Gasteiger partial charge in [-0.2, -0.15) is 0 Å². The summed E-state index contributed by atoms with van der Waals surface area (Å²) >= 11 is 1.68. The fourth-order valence-electron chi connectivity index (χ4n) is 1.51. The smallest absolute Gasteiger partial charge is 0.0947 e. The molecule has 80 valence electrons. The molecule has 1 atom stereocenters. The van der Waals surface area contributed by atoms with E-state index in [1.807, 2.05) is 42.9 Å². The van der Waals surface area contributed by atoms with Gasteiger partial charge in [-0.1, -0.05) is 0 Å². The molecule has 1 N–H and O–H groups in total.